The minimum Gasteiger partial charge on any atom is -0.367 e. The minimum absolute atomic E-state index is 0.282. The summed E-state index contributed by atoms with van der Waals surface area (Å²) in [5.74, 6) is 1.93. The molecule has 0 spiro atoms. The number of nitrogens with zero attached hydrogens (tertiary/aromatic N) is 5. The Balaban J connectivity index is 1.61. The van der Waals surface area contributed by atoms with Crippen molar-refractivity contribution in [3.8, 4) is 17.5 Å². The van der Waals surface area contributed by atoms with Crippen LogP contribution in [0.5, 0.6) is 0 Å². The van der Waals surface area contributed by atoms with Crippen LogP contribution in [0.15, 0.2) is 42.7 Å². The third-order valence-electron chi connectivity index (χ3n) is 3.02. The molecule has 22 heavy (non-hydrogen) atoms. The Morgan fingerprint density at radius 2 is 1.95 bits per heavy atom. The zero-order chi connectivity index (χ0) is 15.2. The van der Waals surface area contributed by atoms with Gasteiger partial charge in [0.05, 0.1) is 0 Å². The second-order valence-electron chi connectivity index (χ2n) is 4.51. The molecule has 2 heterocycles. The molecule has 0 aliphatic rings. The SMILES string of the molecule is N#Cc1nccnc1NCCc1nc(-c2ccccc2)n[nH]1. The van der Waals surface area contributed by atoms with Crippen molar-refractivity contribution in [3.63, 3.8) is 0 Å². The molecular formula is C15H13N7. The Hall–Kier alpha value is -3.27. The summed E-state index contributed by atoms with van der Waals surface area (Å²) in [6, 6.07) is 11.8. The van der Waals surface area contributed by atoms with Gasteiger partial charge < -0.3 is 5.32 Å². The quantitative estimate of drug-likeness (QED) is 0.742. The Bertz CT molecular complexity index is 789. The molecule has 1 aromatic carbocycles. The largest absolute Gasteiger partial charge is 0.367 e. The summed E-state index contributed by atoms with van der Waals surface area (Å²) in [7, 11) is 0. The average molecular weight is 291 g/mol. The van der Waals surface area contributed by atoms with Crippen molar-refractivity contribution in [2.45, 2.75) is 6.42 Å². The van der Waals surface area contributed by atoms with Crippen LogP contribution in [-0.4, -0.2) is 31.7 Å². The Morgan fingerprint density at radius 3 is 2.77 bits per heavy atom. The maximum Gasteiger partial charge on any atom is 0.182 e. The molecular weight excluding hydrogens is 278 g/mol. The molecule has 108 valence electrons. The van der Waals surface area contributed by atoms with E-state index in [9.17, 15) is 0 Å². The Labute approximate surface area is 127 Å². The van der Waals surface area contributed by atoms with E-state index in [0.717, 1.165) is 11.4 Å². The van der Waals surface area contributed by atoms with Gasteiger partial charge in [-0.05, 0) is 0 Å². The lowest BCUT2D eigenvalue weighted by atomic mass is 10.2. The van der Waals surface area contributed by atoms with Gasteiger partial charge in [0, 0.05) is 30.9 Å². The molecule has 0 atom stereocenters. The first-order chi connectivity index (χ1) is 10.9. The van der Waals surface area contributed by atoms with Crippen LogP contribution in [0.2, 0.25) is 0 Å². The minimum atomic E-state index is 0.282. The Morgan fingerprint density at radius 1 is 1.14 bits per heavy atom. The number of hydrogen-bond donors (Lipinski definition) is 2. The van der Waals surface area contributed by atoms with Crippen molar-refractivity contribution in [1.29, 1.82) is 5.26 Å². The third-order valence-corrected chi connectivity index (χ3v) is 3.02. The molecule has 0 aliphatic heterocycles. The van der Waals surface area contributed by atoms with Crippen LogP contribution in [0.4, 0.5) is 5.82 Å². The first kappa shape index (κ1) is 13.7. The van der Waals surface area contributed by atoms with Gasteiger partial charge in [0.2, 0.25) is 0 Å². The molecule has 3 rings (SSSR count). The maximum absolute atomic E-state index is 8.94. The van der Waals surface area contributed by atoms with Gasteiger partial charge in [0.25, 0.3) is 0 Å². The summed E-state index contributed by atoms with van der Waals surface area (Å²) in [6.07, 6.45) is 3.68. The zero-order valence-corrected chi connectivity index (χ0v) is 11.7. The summed E-state index contributed by atoms with van der Waals surface area (Å²) < 4.78 is 0. The molecule has 0 bridgehead atoms. The smallest absolute Gasteiger partial charge is 0.182 e. The van der Waals surface area contributed by atoms with E-state index in [1.54, 1.807) is 6.20 Å². The van der Waals surface area contributed by atoms with Crippen LogP contribution in [0.1, 0.15) is 11.5 Å². The predicted octanol–water partition coefficient (Wildman–Crippen LogP) is 1.79. The number of anilines is 1. The summed E-state index contributed by atoms with van der Waals surface area (Å²) in [4.78, 5) is 12.5. The fourth-order valence-corrected chi connectivity index (χ4v) is 1.97. The lowest BCUT2D eigenvalue weighted by Gasteiger charge is -2.04. The number of benzene rings is 1. The number of aromatic nitrogens is 5. The summed E-state index contributed by atoms with van der Waals surface area (Å²) in [5.41, 5.74) is 1.25. The molecule has 7 nitrogen and oxygen atoms in total. The van der Waals surface area contributed by atoms with E-state index in [4.69, 9.17) is 5.26 Å². The summed E-state index contributed by atoms with van der Waals surface area (Å²) in [6.45, 7) is 0.580. The topological polar surface area (TPSA) is 103 Å². The van der Waals surface area contributed by atoms with Crippen LogP contribution < -0.4 is 5.32 Å². The van der Waals surface area contributed by atoms with Crippen LogP contribution in [0.25, 0.3) is 11.4 Å². The van der Waals surface area contributed by atoms with Gasteiger partial charge in [-0.2, -0.15) is 10.4 Å². The normalized spacial score (nSPS) is 10.1. The van der Waals surface area contributed by atoms with Gasteiger partial charge in [-0.1, -0.05) is 30.3 Å². The van der Waals surface area contributed by atoms with Crippen LogP contribution in [0, 0.1) is 11.3 Å². The highest BCUT2D eigenvalue weighted by atomic mass is 15.2. The molecule has 2 aromatic heterocycles. The first-order valence-corrected chi connectivity index (χ1v) is 6.78. The van der Waals surface area contributed by atoms with Crippen molar-refractivity contribution in [1.82, 2.24) is 25.1 Å². The highest BCUT2D eigenvalue weighted by Crippen LogP contribution is 2.13. The molecule has 0 unspecified atom stereocenters. The number of nitriles is 1. The van der Waals surface area contributed by atoms with E-state index in [1.165, 1.54) is 6.20 Å². The molecule has 0 aliphatic carbocycles. The summed E-state index contributed by atoms with van der Waals surface area (Å²) >= 11 is 0. The van der Waals surface area contributed by atoms with Gasteiger partial charge in [0.15, 0.2) is 17.3 Å². The maximum atomic E-state index is 8.94. The van der Waals surface area contributed by atoms with Gasteiger partial charge in [-0.15, -0.1) is 0 Å². The lowest BCUT2D eigenvalue weighted by Crippen LogP contribution is -2.09. The van der Waals surface area contributed by atoms with Crippen molar-refractivity contribution in [3.05, 3.63) is 54.2 Å². The standard InChI is InChI=1S/C15H13N7/c16-10-12-15(19-9-8-17-12)18-7-6-13-20-14(22-21-13)11-4-2-1-3-5-11/h1-5,8-9H,6-7H2,(H,18,19)(H,20,21,22). The van der Waals surface area contributed by atoms with E-state index in [-0.39, 0.29) is 5.69 Å². The number of nitrogens with one attached hydrogen (secondary N) is 2. The molecule has 7 heteroatoms. The van der Waals surface area contributed by atoms with Crippen LogP contribution in [-0.2, 0) is 6.42 Å². The fraction of sp³-hybridized carbons (Fsp3) is 0.133. The average Bonchev–Trinajstić information content (AvgIpc) is 3.05. The number of aromatic amines is 1. The van der Waals surface area contributed by atoms with Crippen molar-refractivity contribution < 1.29 is 0 Å². The summed E-state index contributed by atoms with van der Waals surface area (Å²) in [5, 5.41) is 19.1. The monoisotopic (exact) mass is 291 g/mol. The molecule has 3 aromatic rings. The van der Waals surface area contributed by atoms with Gasteiger partial charge in [-0.3, -0.25) is 5.10 Å². The van der Waals surface area contributed by atoms with Crippen molar-refractivity contribution >= 4 is 5.82 Å². The molecule has 0 saturated carbocycles. The number of rotatable bonds is 5. The van der Waals surface area contributed by atoms with Gasteiger partial charge in [0.1, 0.15) is 11.9 Å². The molecule has 0 radical (unpaired) electrons. The predicted molar refractivity (Wildman–Crippen MR) is 80.8 cm³/mol. The van der Waals surface area contributed by atoms with E-state index in [1.807, 2.05) is 36.4 Å². The molecule has 0 saturated heterocycles. The van der Waals surface area contributed by atoms with Crippen LogP contribution in [0.3, 0.4) is 0 Å². The van der Waals surface area contributed by atoms with Gasteiger partial charge in [-0.25, -0.2) is 15.0 Å². The lowest BCUT2D eigenvalue weighted by molar-refractivity contribution is 0.894. The van der Waals surface area contributed by atoms with E-state index in [2.05, 4.69) is 30.5 Å². The highest BCUT2D eigenvalue weighted by molar-refractivity contribution is 5.53. The third kappa shape index (κ3) is 3.07. The van der Waals surface area contributed by atoms with Crippen molar-refractivity contribution in [2.75, 3.05) is 11.9 Å². The number of hydrogen-bond acceptors (Lipinski definition) is 6. The van der Waals surface area contributed by atoms with Gasteiger partial charge >= 0.3 is 0 Å². The van der Waals surface area contributed by atoms with E-state index < -0.39 is 0 Å². The first-order valence-electron chi connectivity index (χ1n) is 6.78. The molecule has 0 amide bonds. The van der Waals surface area contributed by atoms with E-state index in [0.29, 0.717) is 24.6 Å². The highest BCUT2D eigenvalue weighted by Gasteiger charge is 2.06. The zero-order valence-electron chi connectivity index (χ0n) is 11.7. The number of H-pyrrole nitrogens is 1. The molecule has 0 fully saturated rings. The van der Waals surface area contributed by atoms with Crippen molar-refractivity contribution in [2.24, 2.45) is 0 Å². The molecule has 2 N–H and O–H groups in total. The van der Waals surface area contributed by atoms with Crippen LogP contribution >= 0.6 is 0 Å². The fourth-order valence-electron chi connectivity index (χ4n) is 1.97. The second-order valence-corrected chi connectivity index (χ2v) is 4.51. The second kappa shape index (κ2) is 6.45. The van der Waals surface area contributed by atoms with E-state index >= 15 is 0 Å². The Kier molecular flexibility index (Phi) is 4.02.